The molecule has 3 aliphatic heterocycles. The van der Waals surface area contributed by atoms with Crippen LogP contribution in [0.5, 0.6) is 0 Å². The number of nitrogens with zero attached hydrogens (tertiary/aromatic N) is 3. The molecule has 1 N–H and O–H groups in total. The molecule has 1 unspecified atom stereocenters. The SMILES string of the molecule is C=CC1=C(C=C)CN(CC(CN2CC3(CC3)c3ccc(NC4CCN(C(C)=O)CC4)cc3C2=O)SC)CC1.CC. The average molecular weight is 565 g/mol. The lowest BCUT2D eigenvalue weighted by Crippen LogP contribution is -2.48. The number of allylic oxidation sites excluding steroid dienone is 1. The molecule has 1 saturated heterocycles. The van der Waals surface area contributed by atoms with Gasteiger partial charge in [-0.2, -0.15) is 11.8 Å². The molecule has 3 heterocycles. The first kappa shape index (κ1) is 30.4. The number of hydrogen-bond acceptors (Lipinski definition) is 5. The molecule has 5 rings (SSSR count). The Morgan fingerprint density at radius 1 is 1.12 bits per heavy atom. The van der Waals surface area contributed by atoms with E-state index in [0.29, 0.717) is 11.3 Å². The average Bonchev–Trinajstić information content (AvgIpc) is 3.76. The van der Waals surface area contributed by atoms with Crippen LogP contribution in [-0.2, 0) is 10.2 Å². The monoisotopic (exact) mass is 564 g/mol. The summed E-state index contributed by atoms with van der Waals surface area (Å²) >= 11 is 1.87. The number of rotatable bonds is 9. The standard InChI is InChI=1S/C31H42N4O2S.C2H6/c1-5-23-9-14-33(18-24(23)6-2)19-27(38-4)20-35-21-31(12-13-31)29-8-7-26(17-28(29)30(35)37)32-25-10-15-34(16-11-25)22(3)36;1-2/h5-8,17,25,27,32H,1-2,9-16,18-21H2,3-4H3;1-2H3. The van der Waals surface area contributed by atoms with Crippen LogP contribution in [0.2, 0.25) is 0 Å². The number of piperidine rings is 1. The van der Waals surface area contributed by atoms with E-state index in [-0.39, 0.29) is 17.2 Å². The summed E-state index contributed by atoms with van der Waals surface area (Å²) in [7, 11) is 0. The molecule has 0 bridgehead atoms. The van der Waals surface area contributed by atoms with Crippen molar-refractivity contribution in [2.75, 3.05) is 57.4 Å². The van der Waals surface area contributed by atoms with Crippen LogP contribution in [0.3, 0.4) is 0 Å². The van der Waals surface area contributed by atoms with E-state index in [1.165, 1.54) is 16.7 Å². The van der Waals surface area contributed by atoms with Crippen LogP contribution in [0, 0.1) is 0 Å². The maximum Gasteiger partial charge on any atom is 0.254 e. The highest BCUT2D eigenvalue weighted by Gasteiger charge is 2.51. The van der Waals surface area contributed by atoms with Gasteiger partial charge in [0.05, 0.1) is 0 Å². The van der Waals surface area contributed by atoms with E-state index in [1.54, 1.807) is 6.92 Å². The highest BCUT2D eigenvalue weighted by atomic mass is 32.2. The van der Waals surface area contributed by atoms with E-state index >= 15 is 0 Å². The lowest BCUT2D eigenvalue weighted by atomic mass is 9.86. The molecule has 40 heavy (non-hydrogen) atoms. The maximum atomic E-state index is 13.8. The number of thioether (sulfide) groups is 1. The first-order chi connectivity index (χ1) is 19.4. The summed E-state index contributed by atoms with van der Waals surface area (Å²) in [5.41, 5.74) is 5.87. The molecule has 218 valence electrons. The number of anilines is 1. The molecule has 0 aromatic heterocycles. The fraction of sp³-hybridized carbons (Fsp3) is 0.576. The predicted octanol–water partition coefficient (Wildman–Crippen LogP) is 5.73. The van der Waals surface area contributed by atoms with Gasteiger partial charge in [0.15, 0.2) is 0 Å². The molecule has 2 fully saturated rings. The third-order valence-corrected chi connectivity index (χ3v) is 9.95. The quantitative estimate of drug-likeness (QED) is 0.415. The zero-order chi connectivity index (χ0) is 28.9. The summed E-state index contributed by atoms with van der Waals surface area (Å²) in [6.45, 7) is 19.7. The van der Waals surface area contributed by atoms with Crippen LogP contribution in [0.25, 0.3) is 0 Å². The minimum atomic E-state index is 0.139. The van der Waals surface area contributed by atoms with Gasteiger partial charge in [-0.1, -0.05) is 45.2 Å². The highest BCUT2D eigenvalue weighted by molar-refractivity contribution is 7.99. The van der Waals surface area contributed by atoms with Crippen molar-refractivity contribution >= 4 is 29.3 Å². The van der Waals surface area contributed by atoms with E-state index in [2.05, 4.69) is 52.7 Å². The summed E-state index contributed by atoms with van der Waals surface area (Å²) in [5, 5.41) is 4.02. The highest BCUT2D eigenvalue weighted by Crippen LogP contribution is 2.52. The number of carbonyl (C=O) groups is 2. The van der Waals surface area contributed by atoms with E-state index < -0.39 is 0 Å². The summed E-state index contributed by atoms with van der Waals surface area (Å²) in [6.07, 6.45) is 11.3. The number of amides is 2. The fourth-order valence-corrected chi connectivity index (χ4v) is 7.14. The summed E-state index contributed by atoms with van der Waals surface area (Å²) < 4.78 is 0. The Bertz CT molecular complexity index is 1130. The minimum absolute atomic E-state index is 0.139. The van der Waals surface area contributed by atoms with Crippen molar-refractivity contribution in [1.82, 2.24) is 14.7 Å². The van der Waals surface area contributed by atoms with Crippen LogP contribution >= 0.6 is 11.8 Å². The molecular formula is C33H48N4O2S. The Kier molecular flexibility index (Phi) is 10.2. The van der Waals surface area contributed by atoms with E-state index in [1.807, 2.05) is 42.7 Å². The summed E-state index contributed by atoms with van der Waals surface area (Å²) in [6, 6.07) is 6.78. The van der Waals surface area contributed by atoms with Crippen LogP contribution in [0.15, 0.2) is 54.7 Å². The van der Waals surface area contributed by atoms with Crippen molar-refractivity contribution in [2.45, 2.75) is 69.6 Å². The van der Waals surface area contributed by atoms with Crippen molar-refractivity contribution in [3.63, 3.8) is 0 Å². The molecule has 1 atom stereocenters. The van der Waals surface area contributed by atoms with Gasteiger partial charge >= 0.3 is 0 Å². The first-order valence-corrected chi connectivity index (χ1v) is 16.3. The molecular weight excluding hydrogens is 516 g/mol. The first-order valence-electron chi connectivity index (χ1n) is 15.0. The minimum Gasteiger partial charge on any atom is -0.382 e. The van der Waals surface area contributed by atoms with Gasteiger partial charge in [0.1, 0.15) is 0 Å². The normalized spacial score (nSPS) is 21.4. The zero-order valence-corrected chi connectivity index (χ0v) is 25.8. The molecule has 6 nitrogen and oxygen atoms in total. The van der Waals surface area contributed by atoms with Crippen molar-refractivity contribution in [2.24, 2.45) is 0 Å². The number of nitrogens with one attached hydrogen (secondary N) is 1. The number of benzene rings is 1. The van der Waals surface area contributed by atoms with Crippen LogP contribution in [0.4, 0.5) is 5.69 Å². The molecule has 0 radical (unpaired) electrons. The smallest absolute Gasteiger partial charge is 0.254 e. The van der Waals surface area contributed by atoms with Crippen molar-refractivity contribution < 1.29 is 9.59 Å². The second-order valence-corrected chi connectivity index (χ2v) is 12.6. The van der Waals surface area contributed by atoms with E-state index in [0.717, 1.165) is 89.2 Å². The van der Waals surface area contributed by atoms with Gasteiger partial charge in [-0.25, -0.2) is 0 Å². The Hall–Kier alpha value is -2.51. The third-order valence-electron chi connectivity index (χ3n) is 8.98. The second kappa shape index (κ2) is 13.4. The van der Waals surface area contributed by atoms with Gasteiger partial charge in [-0.15, -0.1) is 0 Å². The van der Waals surface area contributed by atoms with Gasteiger partial charge < -0.3 is 15.1 Å². The van der Waals surface area contributed by atoms with Crippen molar-refractivity contribution in [3.05, 3.63) is 65.8 Å². The predicted molar refractivity (Wildman–Crippen MR) is 169 cm³/mol. The second-order valence-electron chi connectivity index (χ2n) is 11.5. The Balaban J connectivity index is 0.00000181. The lowest BCUT2D eigenvalue weighted by molar-refractivity contribution is -0.129. The third kappa shape index (κ3) is 6.68. The topological polar surface area (TPSA) is 55.9 Å². The largest absolute Gasteiger partial charge is 0.382 e. The molecule has 1 aromatic carbocycles. The molecule has 7 heteroatoms. The Morgan fingerprint density at radius 3 is 2.42 bits per heavy atom. The summed E-state index contributed by atoms with van der Waals surface area (Å²) in [5.74, 6) is 0.325. The van der Waals surface area contributed by atoms with Crippen LogP contribution in [0.1, 0.15) is 68.8 Å². The lowest BCUT2D eigenvalue weighted by Gasteiger charge is -2.38. The zero-order valence-electron chi connectivity index (χ0n) is 25.0. The Morgan fingerprint density at radius 2 is 1.82 bits per heavy atom. The van der Waals surface area contributed by atoms with Gasteiger partial charge in [0.2, 0.25) is 5.91 Å². The Labute approximate surface area is 245 Å². The number of carbonyl (C=O) groups excluding carboxylic acids is 2. The van der Waals surface area contributed by atoms with Crippen LogP contribution < -0.4 is 5.32 Å². The molecule has 1 saturated carbocycles. The molecule has 1 spiro atoms. The van der Waals surface area contributed by atoms with E-state index in [4.69, 9.17) is 0 Å². The van der Waals surface area contributed by atoms with Gasteiger partial charge in [-0.05, 0) is 67.2 Å². The van der Waals surface area contributed by atoms with Gasteiger partial charge in [-0.3, -0.25) is 14.5 Å². The molecule has 2 amide bonds. The number of likely N-dealkylation sites (tertiary alicyclic amines) is 1. The fourth-order valence-electron chi connectivity index (χ4n) is 6.45. The van der Waals surface area contributed by atoms with E-state index in [9.17, 15) is 9.59 Å². The number of hydrogen-bond donors (Lipinski definition) is 1. The van der Waals surface area contributed by atoms with Crippen LogP contribution in [-0.4, -0.2) is 89.9 Å². The maximum absolute atomic E-state index is 13.8. The van der Waals surface area contributed by atoms with Gasteiger partial charge in [0, 0.05) is 80.7 Å². The molecule has 1 aromatic rings. The molecule has 1 aliphatic carbocycles. The van der Waals surface area contributed by atoms with Gasteiger partial charge in [0.25, 0.3) is 5.91 Å². The van der Waals surface area contributed by atoms with Crippen molar-refractivity contribution in [3.8, 4) is 0 Å². The molecule has 4 aliphatic rings. The number of fused-ring (bicyclic) bond motifs is 2. The summed E-state index contributed by atoms with van der Waals surface area (Å²) in [4.78, 5) is 32.0. The van der Waals surface area contributed by atoms with Crippen molar-refractivity contribution in [1.29, 1.82) is 0 Å².